The average molecular weight is 266 g/mol. The maximum Gasteiger partial charge on any atom is 0.352 e. The first-order valence-electron chi connectivity index (χ1n) is 6.00. The van der Waals surface area contributed by atoms with E-state index >= 15 is 0 Å². The van der Waals surface area contributed by atoms with Crippen molar-refractivity contribution >= 4 is 13.7 Å². The molecular formula is C14H19O3P. The Morgan fingerprint density at radius 1 is 1.17 bits per heavy atom. The van der Waals surface area contributed by atoms with E-state index in [2.05, 4.69) is 0 Å². The van der Waals surface area contributed by atoms with E-state index in [1.54, 1.807) is 13.0 Å². The van der Waals surface area contributed by atoms with Crippen LogP contribution in [-0.2, 0) is 4.57 Å². The molecule has 4 heteroatoms. The Bertz CT molecular complexity index is 483. The number of benzene rings is 1. The van der Waals surface area contributed by atoms with Gasteiger partial charge in [-0.2, -0.15) is 0 Å². The molecule has 0 spiro atoms. The van der Waals surface area contributed by atoms with Gasteiger partial charge in [-0.3, -0.25) is 4.57 Å². The molecule has 0 aromatic heterocycles. The zero-order valence-corrected chi connectivity index (χ0v) is 11.6. The van der Waals surface area contributed by atoms with Crippen molar-refractivity contribution in [3.05, 3.63) is 52.9 Å². The lowest BCUT2D eigenvalue weighted by atomic mass is 10.1. The maximum atomic E-state index is 11.4. The predicted molar refractivity (Wildman–Crippen MR) is 75.1 cm³/mol. The summed E-state index contributed by atoms with van der Waals surface area (Å²) in [5, 5.41) is 0.234. The van der Waals surface area contributed by atoms with Crippen LogP contribution in [0.1, 0.15) is 32.3 Å². The van der Waals surface area contributed by atoms with Crippen molar-refractivity contribution in [1.82, 2.24) is 0 Å². The maximum absolute atomic E-state index is 11.4. The smallest absolute Gasteiger partial charge is 0.321 e. The summed E-state index contributed by atoms with van der Waals surface area (Å²) in [4.78, 5) is 18.6. The first kappa shape index (κ1) is 14.9. The number of rotatable bonds is 5. The second-order valence-electron chi connectivity index (χ2n) is 3.97. The van der Waals surface area contributed by atoms with Crippen LogP contribution in [0.15, 0.2) is 47.3 Å². The second-order valence-corrected chi connectivity index (χ2v) is 5.59. The molecule has 0 bridgehead atoms. The van der Waals surface area contributed by atoms with Crippen molar-refractivity contribution in [2.75, 3.05) is 0 Å². The largest absolute Gasteiger partial charge is 0.352 e. The first-order valence-corrected chi connectivity index (χ1v) is 7.61. The van der Waals surface area contributed by atoms with Crippen LogP contribution < -0.4 is 0 Å². The summed E-state index contributed by atoms with van der Waals surface area (Å²) in [7, 11) is -4.14. The second kappa shape index (κ2) is 6.69. The highest BCUT2D eigenvalue weighted by Gasteiger charge is 2.21. The van der Waals surface area contributed by atoms with E-state index in [1.165, 1.54) is 0 Å². The first-order chi connectivity index (χ1) is 8.49. The molecule has 18 heavy (non-hydrogen) atoms. The standard InChI is InChI=1S/C14H19O3P/c1-3-13(14(4-2)18(15,16)17)11-10-12-8-6-5-7-9-12/h5-11H,3-4H2,1-2H3,(H2,15,16,17)/b11-10+,14-13-. The van der Waals surface area contributed by atoms with Gasteiger partial charge in [0, 0.05) is 5.31 Å². The highest BCUT2D eigenvalue weighted by Crippen LogP contribution is 2.49. The van der Waals surface area contributed by atoms with E-state index < -0.39 is 7.60 Å². The Morgan fingerprint density at radius 2 is 1.78 bits per heavy atom. The molecule has 0 aliphatic rings. The average Bonchev–Trinajstić information content (AvgIpc) is 2.34. The van der Waals surface area contributed by atoms with Gasteiger partial charge in [0.25, 0.3) is 0 Å². The van der Waals surface area contributed by atoms with Crippen molar-refractivity contribution in [2.24, 2.45) is 0 Å². The summed E-state index contributed by atoms with van der Waals surface area (Å²) in [6, 6.07) is 9.69. The third-order valence-electron chi connectivity index (χ3n) is 2.71. The van der Waals surface area contributed by atoms with Gasteiger partial charge in [-0.1, -0.05) is 56.3 Å². The molecule has 0 saturated heterocycles. The normalized spacial score (nSPS) is 13.8. The number of allylic oxidation sites excluding steroid dienone is 3. The lowest BCUT2D eigenvalue weighted by molar-refractivity contribution is 0.380. The van der Waals surface area contributed by atoms with Gasteiger partial charge in [0.2, 0.25) is 0 Å². The van der Waals surface area contributed by atoms with E-state index in [4.69, 9.17) is 0 Å². The summed E-state index contributed by atoms with van der Waals surface area (Å²) in [6.45, 7) is 3.66. The van der Waals surface area contributed by atoms with Gasteiger partial charge in [0.15, 0.2) is 0 Å². The molecule has 0 aliphatic carbocycles. The highest BCUT2D eigenvalue weighted by atomic mass is 31.2. The van der Waals surface area contributed by atoms with Gasteiger partial charge in [0.05, 0.1) is 0 Å². The molecule has 0 atom stereocenters. The van der Waals surface area contributed by atoms with Crippen LogP contribution in [0.25, 0.3) is 6.08 Å². The Balaban J connectivity index is 3.08. The lowest BCUT2D eigenvalue weighted by Crippen LogP contribution is -1.90. The van der Waals surface area contributed by atoms with Gasteiger partial charge in [-0.25, -0.2) is 0 Å². The SMILES string of the molecule is CCC(/C=C/c1ccccc1)=C(\CC)P(=O)(O)O. The van der Waals surface area contributed by atoms with Crippen LogP contribution >= 0.6 is 7.60 Å². The van der Waals surface area contributed by atoms with Crippen molar-refractivity contribution < 1.29 is 14.4 Å². The minimum atomic E-state index is -4.14. The van der Waals surface area contributed by atoms with Crippen molar-refractivity contribution in [1.29, 1.82) is 0 Å². The third-order valence-corrected chi connectivity index (χ3v) is 4.02. The molecule has 3 nitrogen and oxygen atoms in total. The van der Waals surface area contributed by atoms with E-state index in [1.807, 2.05) is 43.3 Å². The van der Waals surface area contributed by atoms with Crippen LogP contribution in [0.4, 0.5) is 0 Å². The summed E-state index contributed by atoms with van der Waals surface area (Å²) >= 11 is 0. The van der Waals surface area contributed by atoms with E-state index in [0.29, 0.717) is 12.8 Å². The molecule has 98 valence electrons. The molecule has 1 aromatic rings. The van der Waals surface area contributed by atoms with Crippen molar-refractivity contribution in [3.8, 4) is 0 Å². The van der Waals surface area contributed by atoms with Crippen molar-refractivity contribution in [3.63, 3.8) is 0 Å². The Morgan fingerprint density at radius 3 is 2.22 bits per heavy atom. The van der Waals surface area contributed by atoms with Gasteiger partial charge in [-0.15, -0.1) is 0 Å². The minimum Gasteiger partial charge on any atom is -0.321 e. The molecule has 0 heterocycles. The summed E-state index contributed by atoms with van der Waals surface area (Å²) in [5.41, 5.74) is 1.74. The lowest BCUT2D eigenvalue weighted by Gasteiger charge is -2.11. The molecule has 0 amide bonds. The monoisotopic (exact) mass is 266 g/mol. The zero-order valence-electron chi connectivity index (χ0n) is 10.7. The molecule has 2 N–H and O–H groups in total. The van der Waals surface area contributed by atoms with Crippen LogP contribution in [-0.4, -0.2) is 9.79 Å². The predicted octanol–water partition coefficient (Wildman–Crippen LogP) is 3.95. The van der Waals surface area contributed by atoms with Gasteiger partial charge < -0.3 is 9.79 Å². The van der Waals surface area contributed by atoms with Crippen LogP contribution in [0.5, 0.6) is 0 Å². The molecule has 1 aromatic carbocycles. The Labute approximate surface area is 108 Å². The van der Waals surface area contributed by atoms with E-state index in [0.717, 1.165) is 11.1 Å². The quantitative estimate of drug-likeness (QED) is 0.626. The van der Waals surface area contributed by atoms with Crippen molar-refractivity contribution in [2.45, 2.75) is 26.7 Å². The Hall–Kier alpha value is -1.15. The molecular weight excluding hydrogens is 247 g/mol. The summed E-state index contributed by atoms with van der Waals surface area (Å²) < 4.78 is 11.4. The Kier molecular flexibility index (Phi) is 5.54. The fourth-order valence-electron chi connectivity index (χ4n) is 1.80. The fourth-order valence-corrected chi connectivity index (χ4v) is 2.82. The summed E-state index contributed by atoms with van der Waals surface area (Å²) in [5.74, 6) is 0. The fraction of sp³-hybridized carbons (Fsp3) is 0.286. The number of hydrogen-bond donors (Lipinski definition) is 2. The van der Waals surface area contributed by atoms with Crippen LogP contribution in [0.3, 0.4) is 0 Å². The van der Waals surface area contributed by atoms with Crippen LogP contribution in [0, 0.1) is 0 Å². The van der Waals surface area contributed by atoms with E-state index in [9.17, 15) is 14.4 Å². The van der Waals surface area contributed by atoms with E-state index in [-0.39, 0.29) is 5.31 Å². The molecule has 0 saturated carbocycles. The minimum absolute atomic E-state index is 0.234. The van der Waals surface area contributed by atoms with Gasteiger partial charge in [0.1, 0.15) is 0 Å². The molecule has 0 radical (unpaired) electrons. The highest BCUT2D eigenvalue weighted by molar-refractivity contribution is 7.56. The molecule has 0 fully saturated rings. The van der Waals surface area contributed by atoms with Gasteiger partial charge in [-0.05, 0) is 24.0 Å². The molecule has 0 aliphatic heterocycles. The zero-order chi connectivity index (χ0) is 13.6. The number of hydrogen-bond acceptors (Lipinski definition) is 1. The van der Waals surface area contributed by atoms with Crippen LogP contribution in [0.2, 0.25) is 0 Å². The third kappa shape index (κ3) is 4.26. The molecule has 0 unspecified atom stereocenters. The van der Waals surface area contributed by atoms with Gasteiger partial charge >= 0.3 is 7.60 Å². The topological polar surface area (TPSA) is 57.5 Å². The molecule has 1 rings (SSSR count). The summed E-state index contributed by atoms with van der Waals surface area (Å²) in [6.07, 6.45) is 4.65.